The predicted molar refractivity (Wildman–Crippen MR) is 177 cm³/mol. The number of allylic oxidation sites excluding steroid dienone is 3. The number of anilines is 1. The van der Waals surface area contributed by atoms with Crippen LogP contribution in [0.15, 0.2) is 53.2 Å². The van der Waals surface area contributed by atoms with Crippen LogP contribution in [0.5, 0.6) is 0 Å². The van der Waals surface area contributed by atoms with Crippen molar-refractivity contribution in [2.24, 2.45) is 4.99 Å². The van der Waals surface area contributed by atoms with Crippen molar-refractivity contribution in [3.63, 3.8) is 0 Å². The first-order valence-electron chi connectivity index (χ1n) is 16.0. The van der Waals surface area contributed by atoms with E-state index in [2.05, 4.69) is 17.2 Å². The molecule has 1 aromatic carbocycles. The predicted octanol–water partition coefficient (Wildman–Crippen LogP) is 5.77. The number of benzene rings is 1. The van der Waals surface area contributed by atoms with Gasteiger partial charge in [0, 0.05) is 19.3 Å². The van der Waals surface area contributed by atoms with E-state index in [1.807, 2.05) is 24.0 Å². The van der Waals surface area contributed by atoms with E-state index in [-0.39, 0.29) is 31.1 Å². The second kappa shape index (κ2) is 20.8. The monoisotopic (exact) mass is 647 g/mol. The Labute approximate surface area is 267 Å². The van der Waals surface area contributed by atoms with Gasteiger partial charge in [-0.1, -0.05) is 71.1 Å². The van der Waals surface area contributed by atoms with E-state index in [9.17, 15) is 28.7 Å². The molecule has 1 amide bonds. The summed E-state index contributed by atoms with van der Waals surface area (Å²) in [5.74, 6) is -1.63. The van der Waals surface area contributed by atoms with Crippen molar-refractivity contribution in [1.29, 1.82) is 0 Å². The second-order valence-electron chi connectivity index (χ2n) is 11.1. The van der Waals surface area contributed by atoms with Gasteiger partial charge in [0.25, 0.3) is 0 Å². The van der Waals surface area contributed by atoms with Gasteiger partial charge in [0.2, 0.25) is 11.7 Å². The van der Waals surface area contributed by atoms with Gasteiger partial charge in [-0.15, -0.1) is 0 Å². The minimum atomic E-state index is -4.63. The third-order valence-electron chi connectivity index (χ3n) is 7.48. The standard InChI is InChI=1S/C33H50N3O8P/c1-4-6-7-8-9-10-11-12-13-14-15-31(45(40,41)42)33(39)44-23-22-36(5-2)28-19-16-26(17-20-28)34-27-18-21-30(37)29(24-27)35-32(38)25-43-3/h16-21,24,31H,4-15,22-23,25H2,1-3H3,(H,35,38)(H2,40,41,42). The van der Waals surface area contributed by atoms with Crippen LogP contribution in [0.4, 0.5) is 11.4 Å². The largest absolute Gasteiger partial charge is 0.463 e. The topological polar surface area (TPSA) is 155 Å². The molecule has 0 radical (unpaired) electrons. The zero-order chi connectivity index (χ0) is 33.1. The van der Waals surface area contributed by atoms with E-state index < -0.39 is 25.1 Å². The summed E-state index contributed by atoms with van der Waals surface area (Å²) >= 11 is 0. The van der Waals surface area contributed by atoms with Crippen LogP contribution >= 0.6 is 7.60 Å². The Balaban J connectivity index is 1.85. The zero-order valence-corrected chi connectivity index (χ0v) is 27.8. The highest BCUT2D eigenvalue weighted by Gasteiger charge is 2.36. The van der Waals surface area contributed by atoms with Crippen LogP contribution in [0.2, 0.25) is 0 Å². The van der Waals surface area contributed by atoms with Gasteiger partial charge in [0.15, 0.2) is 5.66 Å². The molecule has 1 atom stereocenters. The molecule has 2 rings (SSSR count). The lowest BCUT2D eigenvalue weighted by Gasteiger charge is -2.24. The Morgan fingerprint density at radius 2 is 1.58 bits per heavy atom. The van der Waals surface area contributed by atoms with E-state index >= 15 is 0 Å². The summed E-state index contributed by atoms with van der Waals surface area (Å²) in [7, 11) is -3.24. The molecule has 1 aliphatic rings. The number of methoxy groups -OCH3 is 1. The number of rotatable bonds is 22. The highest BCUT2D eigenvalue weighted by molar-refractivity contribution is 7.53. The smallest absolute Gasteiger partial charge is 0.339 e. The van der Waals surface area contributed by atoms with Crippen LogP contribution in [0.3, 0.4) is 0 Å². The third kappa shape index (κ3) is 14.7. The van der Waals surface area contributed by atoms with E-state index in [0.29, 0.717) is 30.9 Å². The maximum atomic E-state index is 12.6. The molecule has 0 aliphatic heterocycles. The lowest BCUT2D eigenvalue weighted by Crippen LogP contribution is -2.31. The molecule has 1 aromatic rings. The van der Waals surface area contributed by atoms with Gasteiger partial charge in [-0.3, -0.25) is 18.9 Å². The minimum Gasteiger partial charge on any atom is -0.463 e. The highest BCUT2D eigenvalue weighted by Crippen LogP contribution is 2.44. The average molecular weight is 648 g/mol. The molecule has 0 heterocycles. The van der Waals surface area contributed by atoms with Crippen molar-refractivity contribution < 1.29 is 38.2 Å². The average Bonchev–Trinajstić information content (AvgIpc) is 2.99. The minimum absolute atomic E-state index is 0.00750. The summed E-state index contributed by atoms with van der Waals surface area (Å²) in [5.41, 5.74) is 0.655. The van der Waals surface area contributed by atoms with Gasteiger partial charge < -0.3 is 29.5 Å². The van der Waals surface area contributed by atoms with Gasteiger partial charge in [-0.2, -0.15) is 0 Å². The Hall–Kier alpha value is -3.11. The molecule has 45 heavy (non-hydrogen) atoms. The Kier molecular flexibility index (Phi) is 17.6. The maximum absolute atomic E-state index is 12.6. The number of esters is 1. The summed E-state index contributed by atoms with van der Waals surface area (Å²) in [6.07, 6.45) is 15.5. The van der Waals surface area contributed by atoms with Crippen LogP contribution in [0, 0.1) is 0 Å². The zero-order valence-electron chi connectivity index (χ0n) is 26.9. The lowest BCUT2D eigenvalue weighted by molar-refractivity contribution is -0.143. The molecule has 0 saturated carbocycles. The first kappa shape index (κ1) is 38.1. The fourth-order valence-corrected chi connectivity index (χ4v) is 5.83. The molecule has 0 bridgehead atoms. The lowest BCUT2D eigenvalue weighted by atomic mass is 10.1. The number of nitrogens with one attached hydrogen (secondary N) is 1. The van der Waals surface area contributed by atoms with Crippen molar-refractivity contribution >= 4 is 42.3 Å². The van der Waals surface area contributed by atoms with E-state index in [1.54, 1.807) is 18.2 Å². The number of carbonyl (C=O) groups is 3. The molecule has 12 heteroatoms. The molecular formula is C33H50N3O8P. The van der Waals surface area contributed by atoms with Crippen LogP contribution in [0.1, 0.15) is 84.5 Å². The van der Waals surface area contributed by atoms with Gasteiger partial charge in [-0.25, -0.2) is 4.99 Å². The number of aliphatic imine (C=N–C) groups is 1. The summed E-state index contributed by atoms with van der Waals surface area (Å²) in [6.45, 7) is 4.94. The van der Waals surface area contributed by atoms with E-state index in [4.69, 9.17) is 9.47 Å². The Morgan fingerprint density at radius 1 is 0.956 bits per heavy atom. The summed E-state index contributed by atoms with van der Waals surface area (Å²) in [4.78, 5) is 62.6. The molecule has 1 aliphatic carbocycles. The van der Waals surface area contributed by atoms with Gasteiger partial charge in [0.05, 0.1) is 23.6 Å². The highest BCUT2D eigenvalue weighted by atomic mass is 31.2. The van der Waals surface area contributed by atoms with Crippen molar-refractivity contribution in [2.45, 2.75) is 90.1 Å². The molecule has 0 aromatic heterocycles. The summed E-state index contributed by atoms with van der Waals surface area (Å²) in [6, 6.07) is 7.32. The number of amides is 1. The number of ether oxygens (including phenoxy) is 2. The normalized spacial score (nSPS) is 14.7. The van der Waals surface area contributed by atoms with Gasteiger partial charge in [0.1, 0.15) is 13.2 Å². The molecule has 3 N–H and O–H groups in total. The van der Waals surface area contributed by atoms with Crippen LogP contribution in [-0.4, -0.2) is 72.2 Å². The van der Waals surface area contributed by atoms with Crippen molar-refractivity contribution in [3.8, 4) is 0 Å². The second-order valence-corrected chi connectivity index (χ2v) is 12.9. The number of ketones is 1. The fraction of sp³-hybridized carbons (Fsp3) is 0.576. The third-order valence-corrected chi connectivity index (χ3v) is 8.76. The molecular weight excluding hydrogens is 597 g/mol. The molecule has 0 fully saturated rings. The molecule has 0 spiro atoms. The number of hydrogen-bond donors (Lipinski definition) is 3. The maximum Gasteiger partial charge on any atom is 0.339 e. The van der Waals surface area contributed by atoms with Gasteiger partial charge >= 0.3 is 13.6 Å². The molecule has 1 unspecified atom stereocenters. The number of likely N-dealkylation sites (N-methyl/N-ethyl adjacent to an activating group) is 1. The van der Waals surface area contributed by atoms with Crippen molar-refractivity contribution in [1.82, 2.24) is 5.32 Å². The summed E-state index contributed by atoms with van der Waals surface area (Å²) < 4.78 is 22.2. The van der Waals surface area contributed by atoms with Gasteiger partial charge in [-0.05, 0) is 55.8 Å². The van der Waals surface area contributed by atoms with Crippen molar-refractivity contribution in [3.05, 3.63) is 48.2 Å². The van der Waals surface area contributed by atoms with Crippen LogP contribution < -0.4 is 10.2 Å². The Bertz CT molecular complexity index is 1220. The van der Waals surface area contributed by atoms with Crippen molar-refractivity contribution in [2.75, 3.05) is 38.3 Å². The fourth-order valence-electron chi connectivity index (χ4n) is 4.96. The summed E-state index contributed by atoms with van der Waals surface area (Å²) in [5, 5.41) is 2.51. The van der Waals surface area contributed by atoms with E-state index in [1.165, 1.54) is 57.8 Å². The quantitative estimate of drug-likeness (QED) is 0.0616. The molecule has 11 nitrogen and oxygen atoms in total. The molecule has 0 saturated heterocycles. The number of hydrogen-bond acceptors (Lipinski definition) is 8. The number of carbonyl (C=O) groups excluding carboxylic acids is 3. The first-order chi connectivity index (χ1) is 21.6. The van der Waals surface area contributed by atoms with E-state index in [0.717, 1.165) is 24.9 Å². The molecule has 250 valence electrons. The first-order valence-corrected chi connectivity index (χ1v) is 17.7. The Morgan fingerprint density at radius 3 is 2.16 bits per heavy atom. The SMILES string of the molecule is CCCCCCCCCCCCC(C(=O)OCCN(CC)c1ccc(N=C2C=CC(=O)C(NC(=O)COC)=C2)cc1)P(=O)(O)O. The number of unbranched alkanes of at least 4 members (excludes halogenated alkanes) is 9. The number of nitrogens with zero attached hydrogens (tertiary/aromatic N) is 2. The van der Waals surface area contributed by atoms with Crippen LogP contribution in [0.25, 0.3) is 0 Å². The van der Waals surface area contributed by atoms with Crippen LogP contribution in [-0.2, 0) is 28.4 Å².